The second-order valence-electron chi connectivity index (χ2n) is 6.83. The fourth-order valence-corrected chi connectivity index (χ4v) is 4.23. The summed E-state index contributed by atoms with van der Waals surface area (Å²) in [6, 6.07) is 14.7. The molecule has 2 heterocycles. The van der Waals surface area contributed by atoms with Crippen LogP contribution in [0, 0.1) is 0 Å². The zero-order valence-corrected chi connectivity index (χ0v) is 15.8. The minimum Gasteiger partial charge on any atom is -0.326 e. The normalized spacial score (nSPS) is 18.1. The number of rotatable bonds is 3. The van der Waals surface area contributed by atoms with Gasteiger partial charge in [0.25, 0.3) is 5.56 Å². The van der Waals surface area contributed by atoms with Gasteiger partial charge in [0.15, 0.2) is 0 Å². The van der Waals surface area contributed by atoms with Crippen molar-refractivity contribution >= 4 is 21.6 Å². The predicted molar refractivity (Wildman–Crippen MR) is 102 cm³/mol. The summed E-state index contributed by atoms with van der Waals surface area (Å²) >= 11 is 3.40. The second kappa shape index (κ2) is 6.73. The molecule has 1 unspecified atom stereocenters. The number of fused-ring (bicyclic) bond motifs is 2. The number of aryl methyl sites for hydroxylation is 1. The van der Waals surface area contributed by atoms with Gasteiger partial charge in [-0.25, -0.2) is 4.98 Å². The monoisotopic (exact) mass is 398 g/mol. The highest BCUT2D eigenvalue weighted by Gasteiger charge is 2.27. The van der Waals surface area contributed by atoms with E-state index in [2.05, 4.69) is 52.2 Å². The number of quaternary nitrogens is 1. The number of hydrogen-bond acceptors (Lipinski definition) is 2. The van der Waals surface area contributed by atoms with Gasteiger partial charge in [-0.2, -0.15) is 0 Å². The van der Waals surface area contributed by atoms with E-state index >= 15 is 0 Å². The second-order valence-corrected chi connectivity index (χ2v) is 7.74. The molecule has 0 spiro atoms. The first-order valence-electron chi connectivity index (χ1n) is 8.70. The summed E-state index contributed by atoms with van der Waals surface area (Å²) in [5.74, 6) is 0. The number of benzene rings is 1. The maximum Gasteiger partial charge on any atom is 0.258 e. The van der Waals surface area contributed by atoms with Gasteiger partial charge in [0, 0.05) is 28.7 Å². The highest BCUT2D eigenvalue weighted by molar-refractivity contribution is 9.10. The number of hydrogen-bond donors (Lipinski definition) is 1. The van der Waals surface area contributed by atoms with Crippen LogP contribution in [0.1, 0.15) is 35.7 Å². The molecule has 0 radical (unpaired) electrons. The summed E-state index contributed by atoms with van der Waals surface area (Å²) in [4.78, 5) is 18.5. The van der Waals surface area contributed by atoms with E-state index in [1.165, 1.54) is 35.3 Å². The lowest BCUT2D eigenvalue weighted by Crippen LogP contribution is -3.08. The molecule has 1 aliphatic carbocycles. The van der Waals surface area contributed by atoms with Crippen LogP contribution in [-0.4, -0.2) is 16.4 Å². The fourth-order valence-electron chi connectivity index (χ4n) is 3.89. The van der Waals surface area contributed by atoms with Crippen LogP contribution in [0.15, 0.2) is 57.9 Å². The van der Waals surface area contributed by atoms with E-state index in [0.29, 0.717) is 11.7 Å². The topological polar surface area (TPSA) is 38.8 Å². The van der Waals surface area contributed by atoms with Gasteiger partial charge in [-0.05, 0) is 46.5 Å². The van der Waals surface area contributed by atoms with Gasteiger partial charge in [-0.15, -0.1) is 0 Å². The smallest absolute Gasteiger partial charge is 0.258 e. The molecule has 0 bridgehead atoms. The van der Waals surface area contributed by atoms with Crippen LogP contribution in [0.4, 0.5) is 0 Å². The summed E-state index contributed by atoms with van der Waals surface area (Å²) in [5, 5.41) is 0. The predicted octanol–water partition coefficient (Wildman–Crippen LogP) is 2.55. The zero-order valence-electron chi connectivity index (χ0n) is 14.2. The summed E-state index contributed by atoms with van der Waals surface area (Å²) in [6.07, 6.45) is 5.34. The molecule has 4 rings (SSSR count). The third kappa shape index (κ3) is 3.26. The van der Waals surface area contributed by atoms with E-state index in [4.69, 9.17) is 0 Å². The average molecular weight is 399 g/mol. The Kier molecular flexibility index (Phi) is 4.44. The molecule has 0 saturated carbocycles. The average Bonchev–Trinajstić information content (AvgIpc) is 2.62. The highest BCUT2D eigenvalue weighted by Crippen LogP contribution is 2.27. The van der Waals surface area contributed by atoms with Crippen molar-refractivity contribution in [3.8, 4) is 0 Å². The van der Waals surface area contributed by atoms with E-state index in [-0.39, 0.29) is 5.56 Å². The minimum atomic E-state index is -0.0295. The molecule has 5 heteroatoms. The number of nitrogens with zero attached hydrogens (tertiary/aromatic N) is 2. The number of halogens is 1. The molecule has 3 aromatic rings. The third-order valence-electron chi connectivity index (χ3n) is 5.10. The summed E-state index contributed by atoms with van der Waals surface area (Å²) in [6.45, 7) is 0.751. The van der Waals surface area contributed by atoms with Crippen molar-refractivity contribution in [2.75, 3.05) is 7.05 Å². The van der Waals surface area contributed by atoms with Crippen LogP contribution in [-0.2, 0) is 13.0 Å². The Bertz CT molecular complexity index is 982. The molecule has 0 amide bonds. The third-order valence-corrected chi connectivity index (χ3v) is 5.57. The molecule has 0 aliphatic heterocycles. The Morgan fingerprint density at radius 2 is 2.12 bits per heavy atom. The van der Waals surface area contributed by atoms with Crippen LogP contribution in [0.3, 0.4) is 0 Å². The lowest BCUT2D eigenvalue weighted by molar-refractivity contribution is -0.927. The summed E-state index contributed by atoms with van der Waals surface area (Å²) < 4.78 is 2.46. The van der Waals surface area contributed by atoms with Crippen molar-refractivity contribution in [3.63, 3.8) is 0 Å². The Balaban J connectivity index is 1.63. The molecule has 1 aromatic carbocycles. The van der Waals surface area contributed by atoms with Crippen molar-refractivity contribution in [2.24, 2.45) is 0 Å². The Morgan fingerprint density at radius 3 is 3.00 bits per heavy atom. The lowest BCUT2D eigenvalue weighted by Gasteiger charge is -2.30. The summed E-state index contributed by atoms with van der Waals surface area (Å²) in [7, 11) is 2.21. The van der Waals surface area contributed by atoms with Crippen LogP contribution in [0.25, 0.3) is 5.65 Å². The molecule has 1 N–H and O–H groups in total. The SMILES string of the molecule is C[NH+](Cc1cc(=O)n2cc(Br)ccc2n1)[C@@H]1CCCc2ccccc21. The maximum atomic E-state index is 12.4. The minimum absolute atomic E-state index is 0.0295. The number of pyridine rings is 1. The highest BCUT2D eigenvalue weighted by atomic mass is 79.9. The van der Waals surface area contributed by atoms with E-state index in [9.17, 15) is 4.79 Å². The molecule has 0 saturated heterocycles. The molecule has 1 aliphatic rings. The quantitative estimate of drug-likeness (QED) is 0.736. The van der Waals surface area contributed by atoms with E-state index in [1.807, 2.05) is 12.1 Å². The largest absolute Gasteiger partial charge is 0.326 e. The molecule has 128 valence electrons. The van der Waals surface area contributed by atoms with Crippen LogP contribution in [0.5, 0.6) is 0 Å². The van der Waals surface area contributed by atoms with Gasteiger partial charge in [-0.1, -0.05) is 24.3 Å². The molecule has 0 fully saturated rings. The van der Waals surface area contributed by atoms with Gasteiger partial charge in [0.05, 0.1) is 7.05 Å². The van der Waals surface area contributed by atoms with Gasteiger partial charge in [-0.3, -0.25) is 9.20 Å². The van der Waals surface area contributed by atoms with Crippen LogP contribution in [0.2, 0.25) is 0 Å². The van der Waals surface area contributed by atoms with E-state index in [0.717, 1.165) is 16.7 Å². The van der Waals surface area contributed by atoms with Crippen molar-refractivity contribution in [3.05, 3.63) is 80.3 Å². The molecule has 25 heavy (non-hydrogen) atoms. The molecule has 2 aromatic heterocycles. The number of nitrogens with one attached hydrogen (secondary N) is 1. The van der Waals surface area contributed by atoms with Gasteiger partial charge in [0.1, 0.15) is 23.9 Å². The van der Waals surface area contributed by atoms with E-state index in [1.54, 1.807) is 16.7 Å². The zero-order chi connectivity index (χ0) is 17.4. The van der Waals surface area contributed by atoms with Gasteiger partial charge < -0.3 is 4.90 Å². The number of aromatic nitrogens is 2. The Hall–Kier alpha value is -1.98. The van der Waals surface area contributed by atoms with Crippen LogP contribution >= 0.6 is 15.9 Å². The van der Waals surface area contributed by atoms with Gasteiger partial charge in [0.2, 0.25) is 0 Å². The molecular weight excluding hydrogens is 378 g/mol. The van der Waals surface area contributed by atoms with Crippen molar-refractivity contribution in [1.29, 1.82) is 0 Å². The Labute approximate surface area is 155 Å². The first-order valence-corrected chi connectivity index (χ1v) is 9.49. The standard InChI is InChI=1S/C20H20BrN3O/c1-23(18-8-4-6-14-5-2-3-7-17(14)18)13-16-11-20(25)24-12-15(21)9-10-19(24)22-16/h2-3,5,7,9-12,18H,4,6,8,13H2,1H3/p+1/t18-/m1/s1. The molecule has 4 nitrogen and oxygen atoms in total. The van der Waals surface area contributed by atoms with Crippen LogP contribution < -0.4 is 10.5 Å². The fraction of sp³-hybridized carbons (Fsp3) is 0.300. The first-order chi connectivity index (χ1) is 12.1. The molecular formula is C20H21BrN3O+. The van der Waals surface area contributed by atoms with Crippen molar-refractivity contribution in [2.45, 2.75) is 31.8 Å². The summed E-state index contributed by atoms with van der Waals surface area (Å²) in [5.41, 5.74) is 4.44. The Morgan fingerprint density at radius 1 is 1.28 bits per heavy atom. The maximum absolute atomic E-state index is 12.4. The lowest BCUT2D eigenvalue weighted by atomic mass is 9.87. The molecule has 2 atom stereocenters. The van der Waals surface area contributed by atoms with Gasteiger partial charge >= 0.3 is 0 Å². The van der Waals surface area contributed by atoms with Crippen molar-refractivity contribution in [1.82, 2.24) is 9.38 Å². The van der Waals surface area contributed by atoms with E-state index < -0.39 is 0 Å². The van der Waals surface area contributed by atoms with Crippen molar-refractivity contribution < 1.29 is 4.90 Å². The first kappa shape index (κ1) is 16.5.